The molecule has 1 N–H and O–H groups in total. The van der Waals surface area contributed by atoms with E-state index in [1.165, 1.54) is 21.3 Å². The first-order valence-corrected chi connectivity index (χ1v) is 5.42. The summed E-state index contributed by atoms with van der Waals surface area (Å²) in [6, 6.07) is 12.8. The van der Waals surface area contributed by atoms with Gasteiger partial charge in [0.05, 0.1) is 0 Å². The summed E-state index contributed by atoms with van der Waals surface area (Å²) in [5, 5.41) is 3.37. The van der Waals surface area contributed by atoms with Gasteiger partial charge in [-0.25, -0.2) is 0 Å². The Hall–Kier alpha value is -1.54. The lowest BCUT2D eigenvalue weighted by atomic mass is 10.1. The van der Waals surface area contributed by atoms with Crippen LogP contribution in [0.3, 0.4) is 0 Å². The number of aromatic nitrogens is 1. The molecule has 76 valence electrons. The van der Waals surface area contributed by atoms with Gasteiger partial charge in [-0.1, -0.05) is 25.6 Å². The molecule has 0 bridgehead atoms. The molecule has 15 heavy (non-hydrogen) atoms. The van der Waals surface area contributed by atoms with Crippen molar-refractivity contribution in [3.63, 3.8) is 0 Å². The zero-order valence-corrected chi connectivity index (χ0v) is 8.34. The summed E-state index contributed by atoms with van der Waals surface area (Å²) < 4.78 is 0. The topological polar surface area (TPSA) is 15.8 Å². The Morgan fingerprint density at radius 2 is 2.00 bits per heavy atom. The largest absolute Gasteiger partial charge is 0.361 e. The van der Waals surface area contributed by atoms with Gasteiger partial charge in [0.25, 0.3) is 0 Å². The van der Waals surface area contributed by atoms with Crippen LogP contribution < -0.4 is 0 Å². The van der Waals surface area contributed by atoms with Crippen molar-refractivity contribution < 1.29 is 0 Å². The number of thiophene rings is 1. The molecule has 0 spiro atoms. The van der Waals surface area contributed by atoms with Gasteiger partial charge in [0.2, 0.25) is 0 Å². The lowest BCUT2D eigenvalue weighted by Crippen LogP contribution is -1.72. The van der Waals surface area contributed by atoms with Crippen molar-refractivity contribution in [3.8, 4) is 10.4 Å². The number of fused-ring (bicyclic) bond motifs is 1. The first-order chi connectivity index (χ1) is 6.93. The summed E-state index contributed by atoms with van der Waals surface area (Å²) in [5.41, 5.74) is 2.49. The molecule has 0 saturated carbocycles. The molecule has 0 unspecified atom stereocenters. The number of hydrogen-bond donors (Lipinski definition) is 1. The van der Waals surface area contributed by atoms with E-state index in [0.717, 1.165) is 0 Å². The third-order valence-corrected chi connectivity index (χ3v) is 3.28. The van der Waals surface area contributed by atoms with Gasteiger partial charge < -0.3 is 4.98 Å². The molecule has 0 fully saturated rings. The maximum Gasteiger partial charge on any atom is 0.0460 e. The average molecular weight is 215 g/mol. The number of H-pyrrole nitrogens is 1. The lowest BCUT2D eigenvalue weighted by Gasteiger charge is -1.97. The monoisotopic (exact) mass is 215 g/mol. The normalized spacial score (nSPS) is 10.1. The quantitative estimate of drug-likeness (QED) is 0.613. The van der Waals surface area contributed by atoms with Crippen molar-refractivity contribution in [2.75, 3.05) is 0 Å². The molecule has 0 radical (unpaired) electrons. The number of aromatic amines is 1. The van der Waals surface area contributed by atoms with E-state index in [-0.39, 0.29) is 7.43 Å². The molecular weight excluding hydrogens is 202 g/mol. The fourth-order valence-corrected chi connectivity index (χ4v) is 2.37. The molecule has 0 aliphatic rings. The van der Waals surface area contributed by atoms with Gasteiger partial charge in [0.15, 0.2) is 0 Å². The highest BCUT2D eigenvalue weighted by Crippen LogP contribution is 2.27. The van der Waals surface area contributed by atoms with Crippen LogP contribution in [-0.4, -0.2) is 4.98 Å². The Bertz CT molecular complexity index is 549. The number of benzene rings is 1. The first-order valence-electron chi connectivity index (χ1n) is 4.54. The molecule has 0 atom stereocenters. The number of rotatable bonds is 1. The molecule has 0 saturated heterocycles. The molecule has 2 aromatic heterocycles. The van der Waals surface area contributed by atoms with Crippen molar-refractivity contribution in [3.05, 3.63) is 48.0 Å². The fraction of sp³-hybridized carbons (Fsp3) is 0.0769. The number of nitrogens with one attached hydrogen (secondary N) is 1. The highest BCUT2D eigenvalue weighted by molar-refractivity contribution is 7.13. The van der Waals surface area contributed by atoms with Gasteiger partial charge in [-0.3, -0.25) is 0 Å². The summed E-state index contributed by atoms with van der Waals surface area (Å²) in [6.07, 6.45) is 1.98. The van der Waals surface area contributed by atoms with Crippen LogP contribution in [-0.2, 0) is 0 Å². The summed E-state index contributed by atoms with van der Waals surface area (Å²) in [4.78, 5) is 4.55. The predicted molar refractivity (Wildman–Crippen MR) is 68.3 cm³/mol. The molecule has 0 aliphatic heterocycles. The lowest BCUT2D eigenvalue weighted by molar-refractivity contribution is 1.48. The Balaban J connectivity index is 0.000000853. The van der Waals surface area contributed by atoms with Crippen molar-refractivity contribution in [2.45, 2.75) is 7.43 Å². The van der Waals surface area contributed by atoms with Crippen LogP contribution in [0.4, 0.5) is 0 Å². The van der Waals surface area contributed by atoms with E-state index in [9.17, 15) is 0 Å². The molecule has 2 heterocycles. The molecule has 1 nitrogen and oxygen atoms in total. The van der Waals surface area contributed by atoms with Gasteiger partial charge in [-0.2, -0.15) is 0 Å². The summed E-state index contributed by atoms with van der Waals surface area (Å²) >= 11 is 1.77. The van der Waals surface area contributed by atoms with Gasteiger partial charge in [0.1, 0.15) is 0 Å². The van der Waals surface area contributed by atoms with Crippen LogP contribution in [0.25, 0.3) is 21.3 Å². The van der Waals surface area contributed by atoms with Crippen LogP contribution in [0.15, 0.2) is 48.0 Å². The smallest absolute Gasteiger partial charge is 0.0460 e. The minimum Gasteiger partial charge on any atom is -0.361 e. The van der Waals surface area contributed by atoms with Crippen molar-refractivity contribution in [2.24, 2.45) is 0 Å². The van der Waals surface area contributed by atoms with E-state index in [1.807, 2.05) is 6.20 Å². The average Bonchev–Trinajstić information content (AvgIpc) is 2.88. The van der Waals surface area contributed by atoms with Crippen LogP contribution in [0.2, 0.25) is 0 Å². The summed E-state index contributed by atoms with van der Waals surface area (Å²) in [6.45, 7) is 0. The van der Waals surface area contributed by atoms with Gasteiger partial charge in [-0.15, -0.1) is 11.3 Å². The van der Waals surface area contributed by atoms with E-state index in [1.54, 1.807) is 11.3 Å². The standard InChI is InChI=1S/C12H9NS.CH4/c1-2-12(14-7-1)10-4-3-9-5-6-13-11(9)8-10;/h1-8,13H;1H4. The third-order valence-electron chi connectivity index (χ3n) is 2.36. The molecule has 1 aromatic carbocycles. The highest BCUT2D eigenvalue weighted by Gasteiger charge is 2.00. The minimum atomic E-state index is 0. The first kappa shape index (κ1) is 9.99. The molecule has 0 amide bonds. The van der Waals surface area contributed by atoms with Crippen LogP contribution >= 0.6 is 11.3 Å². The molecule has 2 heteroatoms. The Kier molecular flexibility index (Phi) is 2.60. The SMILES string of the molecule is C.c1csc(-c2ccc3cc[nH]c3c2)c1. The van der Waals surface area contributed by atoms with Crippen molar-refractivity contribution >= 4 is 22.2 Å². The summed E-state index contributed by atoms with van der Waals surface area (Å²) in [5.74, 6) is 0. The van der Waals surface area contributed by atoms with E-state index in [0.29, 0.717) is 0 Å². The second kappa shape index (κ2) is 3.91. The minimum absolute atomic E-state index is 0. The van der Waals surface area contributed by atoms with E-state index in [4.69, 9.17) is 0 Å². The maximum atomic E-state index is 3.23. The second-order valence-corrected chi connectivity index (χ2v) is 4.20. The van der Waals surface area contributed by atoms with Gasteiger partial charge in [-0.05, 0) is 34.5 Å². The van der Waals surface area contributed by atoms with Crippen molar-refractivity contribution in [1.82, 2.24) is 4.98 Å². The predicted octanol–water partition coefficient (Wildman–Crippen LogP) is 4.53. The van der Waals surface area contributed by atoms with Gasteiger partial charge in [0, 0.05) is 16.6 Å². The van der Waals surface area contributed by atoms with E-state index in [2.05, 4.69) is 46.8 Å². The zero-order chi connectivity index (χ0) is 9.38. The van der Waals surface area contributed by atoms with E-state index < -0.39 is 0 Å². The molecular formula is C13H13NS. The maximum absolute atomic E-state index is 3.23. The zero-order valence-electron chi connectivity index (χ0n) is 7.53. The van der Waals surface area contributed by atoms with Crippen LogP contribution in [0, 0.1) is 0 Å². The Morgan fingerprint density at radius 3 is 2.80 bits per heavy atom. The third kappa shape index (κ3) is 1.68. The number of hydrogen-bond acceptors (Lipinski definition) is 1. The second-order valence-electron chi connectivity index (χ2n) is 3.26. The Labute approximate surface area is 93.4 Å². The van der Waals surface area contributed by atoms with Gasteiger partial charge >= 0.3 is 0 Å². The molecule has 0 aliphatic carbocycles. The highest BCUT2D eigenvalue weighted by atomic mass is 32.1. The summed E-state index contributed by atoms with van der Waals surface area (Å²) in [7, 11) is 0. The van der Waals surface area contributed by atoms with Crippen molar-refractivity contribution in [1.29, 1.82) is 0 Å². The Morgan fingerprint density at radius 1 is 1.07 bits per heavy atom. The molecule has 3 rings (SSSR count). The molecule has 3 aromatic rings. The van der Waals surface area contributed by atoms with Crippen LogP contribution in [0.5, 0.6) is 0 Å². The van der Waals surface area contributed by atoms with E-state index >= 15 is 0 Å². The fourth-order valence-electron chi connectivity index (χ4n) is 1.64. The van der Waals surface area contributed by atoms with Crippen LogP contribution in [0.1, 0.15) is 7.43 Å².